The van der Waals surface area contributed by atoms with Gasteiger partial charge in [-0.1, -0.05) is 29.4 Å². The summed E-state index contributed by atoms with van der Waals surface area (Å²) in [5.41, 5.74) is 3.59. The molecule has 5 aromatic rings. The molecule has 3 heterocycles. The number of sulfonamides is 1. The van der Waals surface area contributed by atoms with Gasteiger partial charge in [-0.05, 0) is 61.7 Å². The smallest absolute Gasteiger partial charge is 0.264 e. The lowest BCUT2D eigenvalue weighted by Gasteiger charge is -2.11. The number of pyridine rings is 1. The van der Waals surface area contributed by atoms with Crippen molar-refractivity contribution in [2.24, 2.45) is 0 Å². The van der Waals surface area contributed by atoms with Crippen molar-refractivity contribution in [1.82, 2.24) is 10.1 Å². The maximum atomic E-state index is 13.2. The number of thiophene rings is 1. The first-order valence-electron chi connectivity index (χ1n) is 10.6. The van der Waals surface area contributed by atoms with Crippen LogP contribution in [-0.4, -0.2) is 24.5 Å². The Morgan fingerprint density at radius 3 is 2.46 bits per heavy atom. The van der Waals surface area contributed by atoms with Gasteiger partial charge in [0.2, 0.25) is 5.88 Å². The van der Waals surface area contributed by atoms with E-state index in [1.54, 1.807) is 31.3 Å². The molecule has 3 aromatic heterocycles. The second-order valence-electron chi connectivity index (χ2n) is 7.86. The SMILES string of the molecule is Cc1noc(NS(=O)(=O)c2ccc(NC(=O)c3cc(-c4cccs4)nc4ccccc34)cc2)c1C. The van der Waals surface area contributed by atoms with Crippen molar-refractivity contribution in [3.63, 3.8) is 0 Å². The summed E-state index contributed by atoms with van der Waals surface area (Å²) in [7, 11) is -3.88. The van der Waals surface area contributed by atoms with Crippen LogP contribution in [0, 0.1) is 13.8 Å². The molecule has 2 N–H and O–H groups in total. The van der Waals surface area contributed by atoms with Crippen LogP contribution in [0.4, 0.5) is 11.6 Å². The Balaban J connectivity index is 1.40. The molecule has 0 spiro atoms. The Labute approximate surface area is 205 Å². The zero-order valence-corrected chi connectivity index (χ0v) is 20.4. The minimum absolute atomic E-state index is 0.0262. The van der Waals surface area contributed by atoms with Crippen LogP contribution < -0.4 is 10.0 Å². The monoisotopic (exact) mass is 504 g/mol. The van der Waals surface area contributed by atoms with Gasteiger partial charge >= 0.3 is 0 Å². The van der Waals surface area contributed by atoms with Gasteiger partial charge in [0.1, 0.15) is 0 Å². The molecule has 0 unspecified atom stereocenters. The van der Waals surface area contributed by atoms with Crippen LogP contribution in [0.1, 0.15) is 21.6 Å². The highest BCUT2D eigenvalue weighted by Gasteiger charge is 2.20. The third-order valence-electron chi connectivity index (χ3n) is 5.54. The van der Waals surface area contributed by atoms with E-state index in [1.165, 1.54) is 24.3 Å². The van der Waals surface area contributed by atoms with E-state index in [0.29, 0.717) is 33.7 Å². The van der Waals surface area contributed by atoms with Crippen molar-refractivity contribution in [3.8, 4) is 10.6 Å². The van der Waals surface area contributed by atoms with Crippen LogP contribution in [0.2, 0.25) is 0 Å². The van der Waals surface area contributed by atoms with E-state index in [0.717, 1.165) is 10.3 Å². The lowest BCUT2D eigenvalue weighted by Crippen LogP contribution is -2.15. The third kappa shape index (κ3) is 4.53. The van der Waals surface area contributed by atoms with Crippen molar-refractivity contribution >= 4 is 49.7 Å². The Bertz CT molecular complexity index is 1640. The lowest BCUT2D eigenvalue weighted by molar-refractivity contribution is 0.102. The molecule has 2 aromatic carbocycles. The summed E-state index contributed by atoms with van der Waals surface area (Å²) in [6.07, 6.45) is 0. The van der Waals surface area contributed by atoms with E-state index >= 15 is 0 Å². The number of rotatable bonds is 6. The van der Waals surface area contributed by atoms with E-state index in [4.69, 9.17) is 9.51 Å². The summed E-state index contributed by atoms with van der Waals surface area (Å²) < 4.78 is 32.9. The molecule has 35 heavy (non-hydrogen) atoms. The molecule has 176 valence electrons. The number of aryl methyl sites for hydroxylation is 1. The number of para-hydroxylation sites is 1. The molecule has 0 aliphatic rings. The minimum atomic E-state index is -3.88. The number of hydrogen-bond acceptors (Lipinski definition) is 7. The number of fused-ring (bicyclic) bond motifs is 1. The predicted octanol–water partition coefficient (Wildman–Crippen LogP) is 5.62. The summed E-state index contributed by atoms with van der Waals surface area (Å²) >= 11 is 1.55. The van der Waals surface area contributed by atoms with Crippen molar-refractivity contribution in [3.05, 3.63) is 88.9 Å². The van der Waals surface area contributed by atoms with E-state index in [1.807, 2.05) is 41.8 Å². The Hall–Kier alpha value is -4.02. The molecule has 0 aliphatic heterocycles. The second-order valence-corrected chi connectivity index (χ2v) is 10.5. The highest BCUT2D eigenvalue weighted by atomic mass is 32.2. The highest BCUT2D eigenvalue weighted by Crippen LogP contribution is 2.29. The minimum Gasteiger partial charge on any atom is -0.337 e. The molecule has 10 heteroatoms. The first-order valence-corrected chi connectivity index (χ1v) is 13.0. The van der Waals surface area contributed by atoms with E-state index in [2.05, 4.69) is 15.2 Å². The molecule has 1 amide bonds. The maximum Gasteiger partial charge on any atom is 0.264 e. The van der Waals surface area contributed by atoms with Crippen LogP contribution >= 0.6 is 11.3 Å². The van der Waals surface area contributed by atoms with Gasteiger partial charge in [-0.15, -0.1) is 11.3 Å². The van der Waals surface area contributed by atoms with Gasteiger partial charge < -0.3 is 9.84 Å². The quantitative estimate of drug-likeness (QED) is 0.310. The second kappa shape index (κ2) is 8.97. The zero-order valence-electron chi connectivity index (χ0n) is 18.8. The molecule has 0 saturated heterocycles. The fourth-order valence-corrected chi connectivity index (χ4v) is 5.25. The predicted molar refractivity (Wildman–Crippen MR) is 136 cm³/mol. The van der Waals surface area contributed by atoms with Crippen LogP contribution in [0.3, 0.4) is 0 Å². The van der Waals surface area contributed by atoms with Crippen LogP contribution in [0.25, 0.3) is 21.5 Å². The van der Waals surface area contributed by atoms with Crippen LogP contribution in [0.5, 0.6) is 0 Å². The normalized spacial score (nSPS) is 11.5. The standard InChI is InChI=1S/C25H20N4O4S2/c1-15-16(2)28-33-25(15)29-35(31,32)18-11-9-17(10-12-18)26-24(30)20-14-22(23-8-5-13-34-23)27-21-7-4-3-6-19(20)21/h3-14,29H,1-2H3,(H,26,30). The van der Waals surface area contributed by atoms with E-state index < -0.39 is 10.0 Å². The lowest BCUT2D eigenvalue weighted by atomic mass is 10.1. The number of benzene rings is 2. The highest BCUT2D eigenvalue weighted by molar-refractivity contribution is 7.92. The van der Waals surface area contributed by atoms with E-state index in [-0.39, 0.29) is 16.7 Å². The van der Waals surface area contributed by atoms with Gasteiger partial charge in [0, 0.05) is 16.6 Å². The number of hydrogen-bond donors (Lipinski definition) is 2. The average Bonchev–Trinajstić information content (AvgIpc) is 3.50. The number of carbonyl (C=O) groups is 1. The van der Waals surface area contributed by atoms with Gasteiger partial charge in [-0.2, -0.15) is 0 Å². The molecule has 5 rings (SSSR count). The first-order chi connectivity index (χ1) is 16.8. The molecule has 0 aliphatic carbocycles. The van der Waals surface area contributed by atoms with Gasteiger partial charge in [-0.3, -0.25) is 4.79 Å². The summed E-state index contributed by atoms with van der Waals surface area (Å²) in [4.78, 5) is 18.9. The Morgan fingerprint density at radius 1 is 1.00 bits per heavy atom. The third-order valence-corrected chi connectivity index (χ3v) is 7.78. The van der Waals surface area contributed by atoms with Gasteiger partial charge in [-0.25, -0.2) is 18.1 Å². The number of anilines is 2. The fourth-order valence-electron chi connectivity index (χ4n) is 3.52. The molecule has 0 fully saturated rings. The average molecular weight is 505 g/mol. The van der Waals surface area contributed by atoms with Gasteiger partial charge in [0.15, 0.2) is 0 Å². The number of aromatic nitrogens is 2. The summed E-state index contributed by atoms with van der Waals surface area (Å²) in [6, 6.07) is 19.0. The summed E-state index contributed by atoms with van der Waals surface area (Å²) in [5, 5.41) is 9.30. The molecular formula is C25H20N4O4S2. The Morgan fingerprint density at radius 2 is 1.77 bits per heavy atom. The largest absolute Gasteiger partial charge is 0.337 e. The Kier molecular flexibility index (Phi) is 5.83. The van der Waals surface area contributed by atoms with Crippen molar-refractivity contribution < 1.29 is 17.7 Å². The number of carbonyl (C=O) groups excluding carboxylic acids is 1. The van der Waals surface area contributed by atoms with Crippen LogP contribution in [-0.2, 0) is 10.0 Å². The summed E-state index contributed by atoms with van der Waals surface area (Å²) in [5.74, 6) is -0.242. The van der Waals surface area contributed by atoms with Crippen molar-refractivity contribution in [1.29, 1.82) is 0 Å². The number of amides is 1. The number of nitrogens with zero attached hydrogens (tertiary/aromatic N) is 2. The van der Waals surface area contributed by atoms with Crippen molar-refractivity contribution in [2.45, 2.75) is 18.7 Å². The van der Waals surface area contributed by atoms with Gasteiger partial charge in [0.05, 0.1) is 32.2 Å². The molecule has 0 saturated carbocycles. The van der Waals surface area contributed by atoms with Gasteiger partial charge in [0.25, 0.3) is 15.9 Å². The summed E-state index contributed by atoms with van der Waals surface area (Å²) in [6.45, 7) is 3.44. The molecule has 0 radical (unpaired) electrons. The molecule has 0 atom stereocenters. The molecule has 0 bridgehead atoms. The van der Waals surface area contributed by atoms with Crippen LogP contribution in [0.15, 0.2) is 81.5 Å². The number of nitrogens with one attached hydrogen (secondary N) is 2. The van der Waals surface area contributed by atoms with Crippen molar-refractivity contribution in [2.75, 3.05) is 10.0 Å². The maximum absolute atomic E-state index is 13.2. The fraction of sp³-hybridized carbons (Fsp3) is 0.0800. The molecular weight excluding hydrogens is 484 g/mol. The first kappa shape index (κ1) is 22.8. The molecule has 8 nitrogen and oxygen atoms in total. The zero-order chi connectivity index (χ0) is 24.6. The van der Waals surface area contributed by atoms with E-state index in [9.17, 15) is 13.2 Å². The topological polar surface area (TPSA) is 114 Å².